The molecule has 4 aliphatic rings. The van der Waals surface area contributed by atoms with Crippen molar-refractivity contribution in [2.75, 3.05) is 60.5 Å². The number of nitrogens with zero attached hydrogens (tertiary/aromatic N) is 4. The summed E-state index contributed by atoms with van der Waals surface area (Å²) < 4.78 is 58.0. The first kappa shape index (κ1) is 56.8. The predicted octanol–water partition coefficient (Wildman–Crippen LogP) is 7.50. The van der Waals surface area contributed by atoms with Crippen molar-refractivity contribution < 1.29 is 60.7 Å². The summed E-state index contributed by atoms with van der Waals surface area (Å²) in [6.45, 7) is 3.94. The van der Waals surface area contributed by atoms with E-state index in [0.717, 1.165) is 46.0 Å². The Kier molecular flexibility index (Phi) is 17.2. The van der Waals surface area contributed by atoms with Crippen molar-refractivity contribution in [3.8, 4) is 23.0 Å². The van der Waals surface area contributed by atoms with Gasteiger partial charge in [-0.15, -0.1) is 0 Å². The number of aliphatic imine (C=N–C) groups is 1. The molecule has 5 aromatic rings. The van der Waals surface area contributed by atoms with Gasteiger partial charge in [0.1, 0.15) is 13.2 Å². The summed E-state index contributed by atoms with van der Waals surface area (Å²) in [5.74, 6) is -1.49. The lowest BCUT2D eigenvalue weighted by molar-refractivity contribution is -0.137. The second-order valence-electron chi connectivity index (χ2n) is 19.9. The SMILES string of the molecule is COc1cc(C(=O)N2CCc3ccccc32)c(N)cc1OCc1cc(COc2cc3c(cc2OC)C(=O)N2c4ccccc4CC2C=N3)cc(NC(=O)CCC(C)(C)SSCCC(C(=O)NCCN2C(=O)C=CC2=O)S(=O)(=O)O)c1. The molecular formula is C57H59N7O13S3. The first-order chi connectivity index (χ1) is 38.3. The van der Waals surface area contributed by atoms with Crippen LogP contribution in [0.3, 0.4) is 0 Å². The van der Waals surface area contributed by atoms with Gasteiger partial charge in [-0.1, -0.05) is 58.0 Å². The summed E-state index contributed by atoms with van der Waals surface area (Å²) in [5.41, 5.74) is 13.3. The number of carbonyl (C=O) groups is 6. The molecule has 0 aromatic heterocycles. The average Bonchev–Trinajstić information content (AvgIpc) is 4.27. The molecule has 80 heavy (non-hydrogen) atoms. The number of para-hydroxylation sites is 2. The number of hydrogen-bond donors (Lipinski definition) is 4. The highest BCUT2D eigenvalue weighted by molar-refractivity contribution is 8.77. The van der Waals surface area contributed by atoms with Crippen molar-refractivity contribution in [3.63, 3.8) is 0 Å². The van der Waals surface area contributed by atoms with Crippen LogP contribution in [0.2, 0.25) is 0 Å². The number of carbonyl (C=O) groups excluding carboxylic acids is 6. The lowest BCUT2D eigenvalue weighted by Gasteiger charge is -2.23. The van der Waals surface area contributed by atoms with Crippen molar-refractivity contribution in [1.82, 2.24) is 10.2 Å². The Morgan fingerprint density at radius 1 is 0.850 bits per heavy atom. The highest BCUT2D eigenvalue weighted by Gasteiger charge is 2.37. The van der Waals surface area contributed by atoms with E-state index in [1.165, 1.54) is 35.8 Å². The van der Waals surface area contributed by atoms with Gasteiger partial charge in [-0.25, -0.2) is 0 Å². The molecule has 0 saturated heterocycles. The second-order valence-corrected chi connectivity index (χ2v) is 24.6. The number of nitrogens with two attached hydrogens (primary N) is 1. The molecule has 2 atom stereocenters. The maximum atomic E-state index is 14.1. The van der Waals surface area contributed by atoms with Gasteiger partial charge >= 0.3 is 0 Å². The number of anilines is 4. The number of nitrogen functional groups attached to an aromatic ring is 1. The topological polar surface area (TPSA) is 266 Å². The Balaban J connectivity index is 0.873. The monoisotopic (exact) mass is 1150 g/mol. The first-order valence-corrected chi connectivity index (χ1v) is 29.4. The van der Waals surface area contributed by atoms with E-state index >= 15 is 0 Å². The van der Waals surface area contributed by atoms with Gasteiger partial charge in [-0.2, -0.15) is 8.42 Å². The molecule has 418 valence electrons. The summed E-state index contributed by atoms with van der Waals surface area (Å²) in [6, 6.07) is 27.1. The summed E-state index contributed by atoms with van der Waals surface area (Å²) >= 11 is 0. The molecule has 20 nitrogen and oxygen atoms in total. The van der Waals surface area contributed by atoms with E-state index < -0.39 is 37.8 Å². The van der Waals surface area contributed by atoms with E-state index in [1.807, 2.05) is 68.4 Å². The Bertz CT molecular complexity index is 3440. The maximum Gasteiger partial charge on any atom is 0.276 e. The molecular weight excluding hydrogens is 1090 g/mol. The third-order valence-electron chi connectivity index (χ3n) is 13.8. The molecule has 23 heteroatoms. The van der Waals surface area contributed by atoms with Gasteiger partial charge < -0.3 is 40.2 Å². The van der Waals surface area contributed by atoms with Crippen LogP contribution in [0, 0.1) is 0 Å². The van der Waals surface area contributed by atoms with Crippen LogP contribution in [0.5, 0.6) is 23.0 Å². The van der Waals surface area contributed by atoms with Gasteiger partial charge in [0.05, 0.1) is 37.1 Å². The highest BCUT2D eigenvalue weighted by Crippen LogP contribution is 2.43. The van der Waals surface area contributed by atoms with Crippen LogP contribution >= 0.6 is 21.6 Å². The fraction of sp³-hybridized carbons (Fsp3) is 0.316. The van der Waals surface area contributed by atoms with Gasteiger partial charge in [0.15, 0.2) is 28.2 Å². The van der Waals surface area contributed by atoms with E-state index in [0.29, 0.717) is 59.0 Å². The van der Waals surface area contributed by atoms with Gasteiger partial charge in [0, 0.05) is 96.2 Å². The van der Waals surface area contributed by atoms with E-state index in [-0.39, 0.29) is 91.4 Å². The second kappa shape index (κ2) is 24.2. The van der Waals surface area contributed by atoms with E-state index in [9.17, 15) is 41.7 Å². The van der Waals surface area contributed by atoms with Crippen LogP contribution in [0.15, 0.2) is 108 Å². The number of nitrogens with one attached hydrogen (secondary N) is 2. The number of fused-ring (bicyclic) bond motifs is 5. The fourth-order valence-electron chi connectivity index (χ4n) is 9.75. The lowest BCUT2D eigenvalue weighted by Crippen LogP contribution is -2.44. The van der Waals surface area contributed by atoms with Crippen molar-refractivity contribution in [1.29, 1.82) is 0 Å². The van der Waals surface area contributed by atoms with Crippen molar-refractivity contribution in [3.05, 3.63) is 137 Å². The molecule has 5 aromatic carbocycles. The quantitative estimate of drug-likeness (QED) is 0.0162. The zero-order chi connectivity index (χ0) is 56.9. The average molecular weight is 1150 g/mol. The molecule has 0 aliphatic carbocycles. The maximum absolute atomic E-state index is 14.1. The molecule has 0 spiro atoms. The number of benzene rings is 5. The van der Waals surface area contributed by atoms with E-state index in [2.05, 4.69) is 10.6 Å². The first-order valence-electron chi connectivity index (χ1n) is 25.6. The van der Waals surface area contributed by atoms with Gasteiger partial charge in [-0.3, -0.25) is 48.1 Å². The Labute approximate surface area is 470 Å². The number of imide groups is 1. The standard InChI is InChI=1S/C57H59N7O13S3/c1-57(2,79-78-22-17-50(80(71,72)73)54(68)59-19-21-63-52(66)13-14-53(63)67)18-15-51(65)61-38-24-34(32-76-48-29-42(58)40(27-46(48)74-3)55(69)62-20-16-36-9-5-7-11-44(36)62)23-35(25-38)33-77-49-30-43-41(28-47(49)75-4)56(70)64-39(31-60-43)26-37-10-6-8-12-45(37)64/h5-14,23-25,27-31,39,50H,15-22,26,32-33,58H2,1-4H3,(H,59,68)(H,61,65)(H,71,72,73). The molecule has 4 aliphatic heterocycles. The molecule has 6 amide bonds. The van der Waals surface area contributed by atoms with Crippen molar-refractivity contribution in [2.45, 2.75) is 75.2 Å². The van der Waals surface area contributed by atoms with Gasteiger partial charge in [-0.05, 0) is 97.8 Å². The molecule has 0 bridgehead atoms. The normalized spacial score (nSPS) is 15.7. The zero-order valence-corrected chi connectivity index (χ0v) is 46.7. The Hall–Kier alpha value is -7.86. The Morgan fingerprint density at radius 3 is 2.19 bits per heavy atom. The van der Waals surface area contributed by atoms with E-state index in [4.69, 9.17) is 29.7 Å². The Morgan fingerprint density at radius 2 is 1.50 bits per heavy atom. The summed E-state index contributed by atoms with van der Waals surface area (Å²) in [5, 5.41) is 3.61. The summed E-state index contributed by atoms with van der Waals surface area (Å²) in [6.07, 6.45) is 5.57. The van der Waals surface area contributed by atoms with Gasteiger partial charge in [0.25, 0.3) is 33.7 Å². The summed E-state index contributed by atoms with van der Waals surface area (Å²) in [4.78, 5) is 87.2. The third-order valence-corrected chi connectivity index (χ3v) is 18.4. The zero-order valence-electron chi connectivity index (χ0n) is 44.3. The molecule has 0 radical (unpaired) electrons. The molecule has 0 fully saturated rings. The smallest absolute Gasteiger partial charge is 0.276 e. The minimum atomic E-state index is -4.79. The minimum absolute atomic E-state index is 0.0162. The van der Waals surface area contributed by atoms with Crippen molar-refractivity contribution >= 4 is 102 Å². The number of amides is 6. The van der Waals surface area contributed by atoms with E-state index in [1.54, 1.807) is 52.4 Å². The van der Waals surface area contributed by atoms with Crippen LogP contribution in [0.25, 0.3) is 0 Å². The largest absolute Gasteiger partial charge is 0.493 e. The predicted molar refractivity (Wildman–Crippen MR) is 307 cm³/mol. The minimum Gasteiger partial charge on any atom is -0.493 e. The van der Waals surface area contributed by atoms with Crippen LogP contribution in [-0.2, 0) is 55.4 Å². The highest BCUT2D eigenvalue weighted by atomic mass is 33.1. The van der Waals surface area contributed by atoms with Crippen LogP contribution < -0.4 is 45.1 Å². The molecule has 5 N–H and O–H groups in total. The fourth-order valence-corrected chi connectivity index (χ4v) is 13.3. The molecule has 2 unspecified atom stereocenters. The molecule has 9 rings (SSSR count). The molecule has 4 heterocycles. The molecule has 0 saturated carbocycles. The van der Waals surface area contributed by atoms with Crippen LogP contribution in [0.4, 0.5) is 28.4 Å². The van der Waals surface area contributed by atoms with Gasteiger partial charge in [0.2, 0.25) is 11.8 Å². The lowest BCUT2D eigenvalue weighted by atomic mass is 10.1. The number of rotatable bonds is 23. The van der Waals surface area contributed by atoms with Crippen molar-refractivity contribution in [2.24, 2.45) is 4.99 Å². The summed E-state index contributed by atoms with van der Waals surface area (Å²) in [7, 11) is 0.834. The number of methoxy groups -OCH3 is 2. The number of hydrogen-bond acceptors (Lipinski definition) is 16. The third kappa shape index (κ3) is 12.9. The van der Waals surface area contributed by atoms with Crippen LogP contribution in [-0.4, -0.2) is 115 Å². The van der Waals surface area contributed by atoms with Crippen LogP contribution in [0.1, 0.15) is 76.1 Å². The number of ether oxygens (including phenoxy) is 4.